The molecule has 3 heteroatoms. The predicted molar refractivity (Wildman–Crippen MR) is 89.9 cm³/mol. The quantitative estimate of drug-likeness (QED) is 0.862. The van der Waals surface area contributed by atoms with E-state index in [0.717, 1.165) is 36.2 Å². The fourth-order valence-corrected chi connectivity index (χ4v) is 3.38. The number of benzene rings is 2. The van der Waals surface area contributed by atoms with E-state index >= 15 is 0 Å². The molecule has 0 bridgehead atoms. The normalized spacial score (nSPS) is 14.6. The summed E-state index contributed by atoms with van der Waals surface area (Å²) >= 11 is 3.64. The fourth-order valence-electron chi connectivity index (χ4n) is 2.85. The Morgan fingerprint density at radius 1 is 1.24 bits per heavy atom. The minimum absolute atomic E-state index is 0.176. The molecule has 0 aliphatic carbocycles. The number of rotatable bonds is 5. The van der Waals surface area contributed by atoms with E-state index in [4.69, 9.17) is 4.74 Å². The van der Waals surface area contributed by atoms with Crippen molar-refractivity contribution in [3.05, 3.63) is 63.6 Å². The topological polar surface area (TPSA) is 21.3 Å². The van der Waals surface area contributed by atoms with Crippen LogP contribution in [0.25, 0.3) is 0 Å². The van der Waals surface area contributed by atoms with Crippen LogP contribution in [-0.4, -0.2) is 13.2 Å². The molecule has 2 nitrogen and oxygen atoms in total. The Balaban J connectivity index is 2.04. The van der Waals surface area contributed by atoms with E-state index in [2.05, 4.69) is 70.6 Å². The van der Waals surface area contributed by atoms with Crippen LogP contribution in [0, 0.1) is 0 Å². The van der Waals surface area contributed by atoms with Crippen LogP contribution in [0.1, 0.15) is 36.1 Å². The molecule has 1 atom stereocenters. The van der Waals surface area contributed by atoms with E-state index in [9.17, 15) is 0 Å². The molecule has 0 amide bonds. The summed E-state index contributed by atoms with van der Waals surface area (Å²) in [6.45, 7) is 3.96. The monoisotopic (exact) mass is 345 g/mol. The largest absolute Gasteiger partial charge is 0.493 e. The van der Waals surface area contributed by atoms with Crippen molar-refractivity contribution in [1.29, 1.82) is 0 Å². The summed E-state index contributed by atoms with van der Waals surface area (Å²) in [7, 11) is 0. The molecule has 21 heavy (non-hydrogen) atoms. The zero-order chi connectivity index (χ0) is 14.7. The van der Waals surface area contributed by atoms with Gasteiger partial charge in [-0.3, -0.25) is 0 Å². The minimum Gasteiger partial charge on any atom is -0.493 e. The molecule has 1 unspecified atom stereocenters. The second-order valence-corrected chi connectivity index (χ2v) is 6.30. The Kier molecular flexibility index (Phi) is 4.61. The van der Waals surface area contributed by atoms with E-state index in [0.29, 0.717) is 0 Å². The SMILES string of the molecule is CCCNC(c1ccccc1)c1cc(Br)cc2c1OCC2. The fraction of sp³-hybridized carbons (Fsp3) is 0.333. The van der Waals surface area contributed by atoms with Gasteiger partial charge < -0.3 is 10.1 Å². The molecule has 0 fully saturated rings. The smallest absolute Gasteiger partial charge is 0.127 e. The summed E-state index contributed by atoms with van der Waals surface area (Å²) in [5.41, 5.74) is 3.82. The van der Waals surface area contributed by atoms with Gasteiger partial charge in [0, 0.05) is 16.5 Å². The van der Waals surface area contributed by atoms with E-state index in [1.54, 1.807) is 0 Å². The summed E-state index contributed by atoms with van der Waals surface area (Å²) in [4.78, 5) is 0. The highest BCUT2D eigenvalue weighted by molar-refractivity contribution is 9.10. The van der Waals surface area contributed by atoms with Crippen LogP contribution in [-0.2, 0) is 6.42 Å². The van der Waals surface area contributed by atoms with Gasteiger partial charge in [-0.2, -0.15) is 0 Å². The van der Waals surface area contributed by atoms with Gasteiger partial charge in [-0.25, -0.2) is 0 Å². The van der Waals surface area contributed by atoms with Crippen LogP contribution >= 0.6 is 15.9 Å². The first-order chi connectivity index (χ1) is 10.3. The zero-order valence-corrected chi connectivity index (χ0v) is 13.8. The molecule has 0 saturated heterocycles. The lowest BCUT2D eigenvalue weighted by Gasteiger charge is -2.22. The third-order valence-electron chi connectivity index (χ3n) is 3.82. The van der Waals surface area contributed by atoms with Crippen LogP contribution < -0.4 is 10.1 Å². The number of ether oxygens (including phenoxy) is 1. The van der Waals surface area contributed by atoms with E-state index < -0.39 is 0 Å². The lowest BCUT2D eigenvalue weighted by molar-refractivity contribution is 0.350. The van der Waals surface area contributed by atoms with Crippen molar-refractivity contribution in [3.63, 3.8) is 0 Å². The van der Waals surface area contributed by atoms with Gasteiger partial charge in [0.1, 0.15) is 5.75 Å². The van der Waals surface area contributed by atoms with Gasteiger partial charge in [-0.1, -0.05) is 53.2 Å². The van der Waals surface area contributed by atoms with Crippen LogP contribution in [0.3, 0.4) is 0 Å². The maximum Gasteiger partial charge on any atom is 0.127 e. The molecule has 1 N–H and O–H groups in total. The van der Waals surface area contributed by atoms with E-state index in [-0.39, 0.29) is 6.04 Å². The van der Waals surface area contributed by atoms with Crippen molar-refractivity contribution < 1.29 is 4.74 Å². The second-order valence-electron chi connectivity index (χ2n) is 5.38. The molecule has 0 saturated carbocycles. The molecule has 1 aliphatic rings. The number of fused-ring (bicyclic) bond motifs is 1. The summed E-state index contributed by atoms with van der Waals surface area (Å²) in [5.74, 6) is 1.07. The molecule has 0 spiro atoms. The summed E-state index contributed by atoms with van der Waals surface area (Å²) in [6, 6.07) is 15.1. The molecule has 110 valence electrons. The lowest BCUT2D eigenvalue weighted by Crippen LogP contribution is -2.23. The highest BCUT2D eigenvalue weighted by Crippen LogP contribution is 2.38. The van der Waals surface area contributed by atoms with Crippen LogP contribution in [0.4, 0.5) is 0 Å². The van der Waals surface area contributed by atoms with Gasteiger partial charge >= 0.3 is 0 Å². The van der Waals surface area contributed by atoms with E-state index in [1.807, 2.05) is 0 Å². The molecule has 0 radical (unpaired) electrons. The maximum atomic E-state index is 5.91. The first-order valence-electron chi connectivity index (χ1n) is 7.53. The Morgan fingerprint density at radius 3 is 2.81 bits per heavy atom. The van der Waals surface area contributed by atoms with Gasteiger partial charge in [0.15, 0.2) is 0 Å². The summed E-state index contributed by atoms with van der Waals surface area (Å²) in [6.07, 6.45) is 2.11. The van der Waals surface area contributed by atoms with Crippen LogP contribution in [0.5, 0.6) is 5.75 Å². The molecule has 2 aromatic carbocycles. The molecule has 0 aromatic heterocycles. The highest BCUT2D eigenvalue weighted by Gasteiger charge is 2.24. The number of halogens is 1. The Morgan fingerprint density at radius 2 is 2.05 bits per heavy atom. The average molecular weight is 346 g/mol. The van der Waals surface area contributed by atoms with Gasteiger partial charge in [0.05, 0.1) is 12.6 Å². The summed E-state index contributed by atoms with van der Waals surface area (Å²) in [5, 5.41) is 3.66. The number of hydrogen-bond donors (Lipinski definition) is 1. The van der Waals surface area contributed by atoms with Crippen molar-refractivity contribution in [3.8, 4) is 5.75 Å². The van der Waals surface area contributed by atoms with Crippen molar-refractivity contribution in [1.82, 2.24) is 5.32 Å². The van der Waals surface area contributed by atoms with Crippen LogP contribution in [0.2, 0.25) is 0 Å². The lowest BCUT2D eigenvalue weighted by atomic mass is 9.95. The number of nitrogens with one attached hydrogen (secondary N) is 1. The predicted octanol–water partition coefficient (Wildman–Crippen LogP) is 4.47. The third-order valence-corrected chi connectivity index (χ3v) is 4.28. The summed E-state index contributed by atoms with van der Waals surface area (Å²) < 4.78 is 7.03. The molecular weight excluding hydrogens is 326 g/mol. The first kappa shape index (κ1) is 14.6. The molecule has 1 heterocycles. The van der Waals surface area contributed by atoms with Gasteiger partial charge in [-0.15, -0.1) is 0 Å². The molecule has 3 rings (SSSR count). The highest BCUT2D eigenvalue weighted by atomic mass is 79.9. The standard InChI is InChI=1S/C18H20BrNO/c1-2-9-20-17(13-6-4-3-5-7-13)16-12-15(19)11-14-8-10-21-18(14)16/h3-7,11-12,17,20H,2,8-10H2,1H3. The van der Waals surface area contributed by atoms with Gasteiger partial charge in [-0.05, 0) is 36.2 Å². The van der Waals surface area contributed by atoms with Gasteiger partial charge in [0.2, 0.25) is 0 Å². The molecular formula is C18H20BrNO. The number of hydrogen-bond acceptors (Lipinski definition) is 2. The second kappa shape index (κ2) is 6.63. The molecule has 2 aromatic rings. The molecule has 1 aliphatic heterocycles. The third kappa shape index (κ3) is 3.14. The first-order valence-corrected chi connectivity index (χ1v) is 8.32. The Hall–Kier alpha value is -1.32. The van der Waals surface area contributed by atoms with Gasteiger partial charge in [0.25, 0.3) is 0 Å². The van der Waals surface area contributed by atoms with E-state index in [1.165, 1.54) is 16.7 Å². The maximum absolute atomic E-state index is 5.91. The Bertz CT molecular complexity index is 612. The van der Waals surface area contributed by atoms with Crippen molar-refractivity contribution in [2.24, 2.45) is 0 Å². The Labute approximate surface area is 134 Å². The van der Waals surface area contributed by atoms with Crippen molar-refractivity contribution in [2.75, 3.05) is 13.2 Å². The minimum atomic E-state index is 0.176. The van der Waals surface area contributed by atoms with Crippen molar-refractivity contribution in [2.45, 2.75) is 25.8 Å². The average Bonchev–Trinajstić information content (AvgIpc) is 2.96. The zero-order valence-electron chi connectivity index (χ0n) is 12.2. The van der Waals surface area contributed by atoms with Crippen LogP contribution in [0.15, 0.2) is 46.9 Å². The van der Waals surface area contributed by atoms with Crippen molar-refractivity contribution >= 4 is 15.9 Å².